The first kappa shape index (κ1) is 23.2. The Labute approximate surface area is 204 Å². The Bertz CT molecular complexity index is 1040. The summed E-state index contributed by atoms with van der Waals surface area (Å²) >= 11 is 0. The van der Waals surface area contributed by atoms with Crippen molar-refractivity contribution >= 4 is 23.4 Å². The van der Waals surface area contributed by atoms with Crippen molar-refractivity contribution in [1.29, 1.82) is 0 Å². The maximum Gasteiger partial charge on any atom is 0.343 e. The van der Waals surface area contributed by atoms with Gasteiger partial charge in [-0.15, -0.1) is 0 Å². The summed E-state index contributed by atoms with van der Waals surface area (Å²) in [5.41, 5.74) is 7.99. The molecule has 0 aliphatic carbocycles. The number of urea groups is 2. The Balaban J connectivity index is 1.19. The Morgan fingerprint density at radius 3 is 2.49 bits per heavy atom. The first-order valence-corrected chi connectivity index (χ1v) is 12.0. The number of aromatic nitrogens is 1. The highest BCUT2D eigenvalue weighted by Gasteiger charge is 2.37. The number of morpholine rings is 1. The number of carbonyl (C=O) groups excluding carboxylic acids is 2. The third-order valence-electron chi connectivity index (χ3n) is 6.46. The van der Waals surface area contributed by atoms with E-state index in [0.717, 1.165) is 24.5 Å². The van der Waals surface area contributed by atoms with Crippen LogP contribution in [0.2, 0.25) is 0 Å². The van der Waals surface area contributed by atoms with Crippen LogP contribution in [-0.2, 0) is 4.74 Å². The molecule has 0 bridgehead atoms. The van der Waals surface area contributed by atoms with Crippen molar-refractivity contribution in [2.24, 2.45) is 0 Å². The van der Waals surface area contributed by atoms with Gasteiger partial charge in [0.2, 0.25) is 0 Å². The van der Waals surface area contributed by atoms with Gasteiger partial charge in [-0.1, -0.05) is 12.1 Å². The third kappa shape index (κ3) is 5.25. The molecule has 3 aliphatic rings. The van der Waals surface area contributed by atoms with Crippen LogP contribution in [0.1, 0.15) is 5.69 Å². The van der Waals surface area contributed by atoms with E-state index < -0.39 is 6.23 Å². The fraction of sp³-hybridized carbons (Fsp3) is 0.458. The number of rotatable bonds is 4. The van der Waals surface area contributed by atoms with Gasteiger partial charge in [-0.2, -0.15) is 0 Å². The van der Waals surface area contributed by atoms with Gasteiger partial charge < -0.3 is 19.3 Å². The lowest BCUT2D eigenvalue weighted by atomic mass is 10.2. The van der Waals surface area contributed by atoms with Crippen LogP contribution < -0.4 is 20.5 Å². The molecule has 3 aliphatic heterocycles. The number of hydrogen-bond donors (Lipinski definition) is 2. The second kappa shape index (κ2) is 10.4. The number of piperazine rings is 1. The van der Waals surface area contributed by atoms with Gasteiger partial charge in [0.15, 0.2) is 6.23 Å². The molecule has 1 aromatic carbocycles. The summed E-state index contributed by atoms with van der Waals surface area (Å²) in [6, 6.07) is 11.0. The summed E-state index contributed by atoms with van der Waals surface area (Å²) in [5.74, 6) is 0.672. The second-order valence-corrected chi connectivity index (χ2v) is 8.82. The van der Waals surface area contributed by atoms with Crippen LogP contribution in [0, 0.1) is 6.92 Å². The van der Waals surface area contributed by atoms with Crippen LogP contribution >= 0.6 is 0 Å². The summed E-state index contributed by atoms with van der Waals surface area (Å²) in [5, 5.41) is 0. The standard InChI is InChI=1S/C24H31N7O4/c1-18-6-7-19(16-25-18)26-27-23(32)31-20-4-2-3-5-21(20)35-22(31)17-28-8-10-29(11-9-28)24(33)30-12-14-34-15-13-30/h2-7,16,22,26H,8-15,17H2,1H3,(H,27,32). The molecule has 2 saturated heterocycles. The minimum atomic E-state index is -0.480. The number of hydrogen-bond acceptors (Lipinski definition) is 7. The van der Waals surface area contributed by atoms with Crippen LogP contribution in [0.3, 0.4) is 0 Å². The number of aryl methyl sites for hydroxylation is 1. The smallest absolute Gasteiger partial charge is 0.343 e. The van der Waals surface area contributed by atoms with Crippen molar-refractivity contribution in [3.8, 4) is 5.75 Å². The van der Waals surface area contributed by atoms with Crippen LogP contribution in [0.25, 0.3) is 0 Å². The van der Waals surface area contributed by atoms with Crippen molar-refractivity contribution in [2.45, 2.75) is 13.2 Å². The van der Waals surface area contributed by atoms with Gasteiger partial charge in [-0.25, -0.2) is 9.59 Å². The van der Waals surface area contributed by atoms with Crippen molar-refractivity contribution in [3.63, 3.8) is 0 Å². The zero-order chi connectivity index (χ0) is 24.2. The molecule has 11 nitrogen and oxygen atoms in total. The summed E-state index contributed by atoms with van der Waals surface area (Å²) in [7, 11) is 0. The quantitative estimate of drug-likeness (QED) is 0.641. The normalized spacial score (nSPS) is 20.3. The zero-order valence-corrected chi connectivity index (χ0v) is 19.9. The van der Waals surface area contributed by atoms with Gasteiger partial charge >= 0.3 is 12.1 Å². The van der Waals surface area contributed by atoms with Gasteiger partial charge in [-0.05, 0) is 31.2 Å². The first-order chi connectivity index (χ1) is 17.1. The van der Waals surface area contributed by atoms with E-state index in [1.54, 1.807) is 11.1 Å². The van der Waals surface area contributed by atoms with E-state index in [1.807, 2.05) is 53.1 Å². The van der Waals surface area contributed by atoms with Gasteiger partial charge in [0, 0.05) is 45.0 Å². The van der Waals surface area contributed by atoms with Crippen molar-refractivity contribution in [3.05, 3.63) is 48.3 Å². The first-order valence-electron chi connectivity index (χ1n) is 12.0. The Kier molecular flexibility index (Phi) is 6.87. The topological polar surface area (TPSA) is 103 Å². The van der Waals surface area contributed by atoms with Gasteiger partial charge in [-0.3, -0.25) is 25.6 Å². The molecule has 1 unspecified atom stereocenters. The number of para-hydroxylation sites is 2. The van der Waals surface area contributed by atoms with Crippen LogP contribution in [0.4, 0.5) is 21.0 Å². The molecule has 186 valence electrons. The minimum Gasteiger partial charge on any atom is -0.466 e. The molecular formula is C24H31N7O4. The van der Waals surface area contributed by atoms with E-state index in [4.69, 9.17) is 9.47 Å². The fourth-order valence-corrected chi connectivity index (χ4v) is 4.49. The molecule has 0 spiro atoms. The van der Waals surface area contributed by atoms with Crippen LogP contribution in [0.15, 0.2) is 42.6 Å². The molecule has 5 rings (SSSR count). The summed E-state index contributed by atoms with van der Waals surface area (Å²) < 4.78 is 11.5. The molecule has 11 heteroatoms. The third-order valence-corrected chi connectivity index (χ3v) is 6.46. The number of nitrogens with zero attached hydrogens (tertiary/aromatic N) is 5. The van der Waals surface area contributed by atoms with Crippen LogP contribution in [-0.4, -0.2) is 97.0 Å². The lowest BCUT2D eigenvalue weighted by molar-refractivity contribution is 0.0355. The van der Waals surface area contributed by atoms with E-state index >= 15 is 0 Å². The van der Waals surface area contributed by atoms with Crippen molar-refractivity contribution < 1.29 is 19.1 Å². The predicted molar refractivity (Wildman–Crippen MR) is 130 cm³/mol. The van der Waals surface area contributed by atoms with E-state index in [2.05, 4.69) is 20.7 Å². The lowest BCUT2D eigenvalue weighted by Gasteiger charge is -2.39. The Morgan fingerprint density at radius 2 is 1.74 bits per heavy atom. The van der Waals surface area contributed by atoms with Crippen molar-refractivity contribution in [2.75, 3.05) is 69.4 Å². The van der Waals surface area contributed by atoms with E-state index in [-0.39, 0.29) is 12.1 Å². The summed E-state index contributed by atoms with van der Waals surface area (Å²) in [6.45, 7) is 7.64. The number of pyridine rings is 1. The molecule has 1 atom stereocenters. The Hall–Kier alpha value is -3.57. The van der Waals surface area contributed by atoms with E-state index in [1.165, 1.54) is 0 Å². The monoisotopic (exact) mass is 481 g/mol. The molecule has 1 aromatic heterocycles. The average molecular weight is 482 g/mol. The molecule has 0 saturated carbocycles. The number of ether oxygens (including phenoxy) is 2. The number of benzene rings is 1. The number of carbonyl (C=O) groups is 2. The molecule has 35 heavy (non-hydrogen) atoms. The molecule has 4 heterocycles. The number of nitrogens with one attached hydrogen (secondary N) is 2. The predicted octanol–water partition coefficient (Wildman–Crippen LogP) is 1.72. The highest BCUT2D eigenvalue weighted by Crippen LogP contribution is 2.37. The maximum absolute atomic E-state index is 13.2. The SMILES string of the molecule is Cc1ccc(NNC(=O)N2c3ccccc3OC2CN2CCN(C(=O)N3CCOCC3)CC2)cn1. The Morgan fingerprint density at radius 1 is 1.00 bits per heavy atom. The number of amides is 4. The number of hydrazine groups is 1. The van der Waals surface area contributed by atoms with Gasteiger partial charge in [0.25, 0.3) is 0 Å². The minimum absolute atomic E-state index is 0.0788. The van der Waals surface area contributed by atoms with E-state index in [9.17, 15) is 9.59 Å². The molecule has 2 N–H and O–H groups in total. The molecule has 0 radical (unpaired) electrons. The zero-order valence-electron chi connectivity index (χ0n) is 19.9. The summed E-state index contributed by atoms with van der Waals surface area (Å²) in [4.78, 5) is 37.8. The molecule has 4 amide bonds. The average Bonchev–Trinajstić information content (AvgIpc) is 3.26. The maximum atomic E-state index is 13.2. The highest BCUT2D eigenvalue weighted by atomic mass is 16.5. The van der Waals surface area contributed by atoms with E-state index in [0.29, 0.717) is 57.4 Å². The van der Waals surface area contributed by atoms with Crippen molar-refractivity contribution in [1.82, 2.24) is 25.1 Å². The largest absolute Gasteiger partial charge is 0.466 e. The molecule has 2 aromatic rings. The van der Waals surface area contributed by atoms with Crippen LogP contribution in [0.5, 0.6) is 5.75 Å². The van der Waals surface area contributed by atoms with Gasteiger partial charge in [0.05, 0.1) is 37.3 Å². The number of fused-ring (bicyclic) bond motifs is 1. The number of anilines is 2. The lowest BCUT2D eigenvalue weighted by Crippen LogP contribution is -2.57. The highest BCUT2D eigenvalue weighted by molar-refractivity contribution is 5.95. The van der Waals surface area contributed by atoms with Gasteiger partial charge in [0.1, 0.15) is 5.75 Å². The fourth-order valence-electron chi connectivity index (χ4n) is 4.49. The second-order valence-electron chi connectivity index (χ2n) is 8.82. The molecule has 2 fully saturated rings. The molecular weight excluding hydrogens is 450 g/mol. The summed E-state index contributed by atoms with van der Waals surface area (Å²) in [6.07, 6.45) is 1.19.